The van der Waals surface area contributed by atoms with Crippen molar-refractivity contribution in [3.05, 3.63) is 29.8 Å². The quantitative estimate of drug-likeness (QED) is 0.759. The molecular weight excluding hydrogens is 232 g/mol. The summed E-state index contributed by atoms with van der Waals surface area (Å²) in [5.41, 5.74) is 1.07. The van der Waals surface area contributed by atoms with E-state index in [0.717, 1.165) is 16.6 Å². The first-order chi connectivity index (χ1) is 6.33. The molecule has 0 aliphatic rings. The molecule has 1 unspecified atom stereocenters. The number of methoxy groups -OCH3 is 2. The molecule has 0 saturated heterocycles. The normalized spacial score (nSPS) is 12.5. The van der Waals surface area contributed by atoms with Crippen LogP contribution in [0.25, 0.3) is 0 Å². The first-order valence-electron chi connectivity index (χ1n) is 4.05. The molecule has 0 spiro atoms. The van der Waals surface area contributed by atoms with Crippen molar-refractivity contribution in [1.82, 2.24) is 0 Å². The molecule has 1 atom stereocenters. The van der Waals surface area contributed by atoms with Gasteiger partial charge in [0.1, 0.15) is 5.75 Å². The fourth-order valence-corrected chi connectivity index (χ4v) is 1.82. The van der Waals surface area contributed by atoms with E-state index in [-0.39, 0.29) is 6.10 Å². The highest BCUT2D eigenvalue weighted by atomic mass is 79.9. The Balaban J connectivity index is 2.96. The first-order valence-corrected chi connectivity index (χ1v) is 5.17. The van der Waals surface area contributed by atoms with Gasteiger partial charge in [0.2, 0.25) is 0 Å². The van der Waals surface area contributed by atoms with Crippen LogP contribution in [0.4, 0.5) is 0 Å². The lowest BCUT2D eigenvalue weighted by molar-refractivity contribution is 0.122. The van der Waals surface area contributed by atoms with E-state index in [0.29, 0.717) is 0 Å². The van der Waals surface area contributed by atoms with Gasteiger partial charge in [0.15, 0.2) is 0 Å². The Bertz CT molecular complexity index is 259. The summed E-state index contributed by atoms with van der Waals surface area (Å²) in [4.78, 5) is 0. The lowest BCUT2D eigenvalue weighted by Crippen LogP contribution is -2.04. The van der Waals surface area contributed by atoms with Gasteiger partial charge in [0, 0.05) is 18.0 Å². The van der Waals surface area contributed by atoms with E-state index in [2.05, 4.69) is 15.9 Å². The van der Waals surface area contributed by atoms with Crippen LogP contribution in [0.15, 0.2) is 24.3 Å². The number of alkyl halides is 1. The van der Waals surface area contributed by atoms with Gasteiger partial charge in [-0.25, -0.2) is 0 Å². The summed E-state index contributed by atoms with van der Waals surface area (Å²) in [6.07, 6.45) is 0.0520. The van der Waals surface area contributed by atoms with E-state index >= 15 is 0 Å². The molecule has 1 aromatic rings. The summed E-state index contributed by atoms with van der Waals surface area (Å²) in [7, 11) is 3.36. The number of para-hydroxylation sites is 1. The summed E-state index contributed by atoms with van der Waals surface area (Å²) >= 11 is 3.40. The molecule has 3 heteroatoms. The Kier molecular flexibility index (Phi) is 4.25. The van der Waals surface area contributed by atoms with Crippen molar-refractivity contribution in [1.29, 1.82) is 0 Å². The zero-order chi connectivity index (χ0) is 9.68. The van der Waals surface area contributed by atoms with Crippen molar-refractivity contribution in [3.8, 4) is 5.75 Å². The lowest BCUT2D eigenvalue weighted by Gasteiger charge is -2.15. The van der Waals surface area contributed by atoms with E-state index in [1.807, 2.05) is 24.3 Å². The standard InChI is InChI=1S/C10H13BrO2/c1-12-9-6-4-3-5-8(9)10(7-11)13-2/h3-6,10H,7H2,1-2H3. The minimum atomic E-state index is 0.0520. The maximum absolute atomic E-state index is 5.30. The third-order valence-electron chi connectivity index (χ3n) is 1.91. The molecular formula is C10H13BrO2. The van der Waals surface area contributed by atoms with Crippen LogP contribution >= 0.6 is 15.9 Å². The second kappa shape index (κ2) is 5.25. The largest absolute Gasteiger partial charge is 0.496 e. The summed E-state index contributed by atoms with van der Waals surface area (Å²) in [6.45, 7) is 0. The van der Waals surface area contributed by atoms with Crippen LogP contribution in [0.1, 0.15) is 11.7 Å². The predicted octanol–water partition coefficient (Wildman–Crippen LogP) is 2.78. The summed E-state index contributed by atoms with van der Waals surface area (Å²) in [5, 5.41) is 0.768. The molecule has 0 aliphatic heterocycles. The third kappa shape index (κ3) is 2.45. The SMILES string of the molecule is COc1ccccc1C(CBr)OC. The monoisotopic (exact) mass is 244 g/mol. The molecule has 0 N–H and O–H groups in total. The van der Waals surface area contributed by atoms with Gasteiger partial charge in [-0.3, -0.25) is 0 Å². The van der Waals surface area contributed by atoms with Gasteiger partial charge < -0.3 is 9.47 Å². The average Bonchev–Trinajstić information content (AvgIpc) is 2.20. The second-order valence-corrected chi connectivity index (χ2v) is 3.27. The highest BCUT2D eigenvalue weighted by Gasteiger charge is 2.12. The summed E-state index contributed by atoms with van der Waals surface area (Å²) in [6, 6.07) is 7.87. The van der Waals surface area contributed by atoms with Gasteiger partial charge in [-0.1, -0.05) is 34.1 Å². The molecule has 0 bridgehead atoms. The van der Waals surface area contributed by atoms with Crippen molar-refractivity contribution in [3.63, 3.8) is 0 Å². The van der Waals surface area contributed by atoms with E-state index < -0.39 is 0 Å². The van der Waals surface area contributed by atoms with Crippen molar-refractivity contribution < 1.29 is 9.47 Å². The molecule has 0 saturated carbocycles. The van der Waals surface area contributed by atoms with Crippen molar-refractivity contribution in [2.75, 3.05) is 19.5 Å². The fourth-order valence-electron chi connectivity index (χ4n) is 1.21. The number of hydrogen-bond donors (Lipinski definition) is 0. The molecule has 0 aliphatic carbocycles. The Morgan fingerprint density at radius 3 is 2.54 bits per heavy atom. The van der Waals surface area contributed by atoms with Crippen LogP contribution < -0.4 is 4.74 Å². The molecule has 0 radical (unpaired) electrons. The Hall–Kier alpha value is -0.540. The average molecular weight is 245 g/mol. The predicted molar refractivity (Wildman–Crippen MR) is 56.5 cm³/mol. The van der Waals surface area contributed by atoms with Crippen LogP contribution in [0.5, 0.6) is 5.75 Å². The number of benzene rings is 1. The Morgan fingerprint density at radius 1 is 1.31 bits per heavy atom. The zero-order valence-corrected chi connectivity index (χ0v) is 9.37. The van der Waals surface area contributed by atoms with Crippen molar-refractivity contribution in [2.24, 2.45) is 0 Å². The zero-order valence-electron chi connectivity index (χ0n) is 7.79. The van der Waals surface area contributed by atoms with Gasteiger partial charge in [-0.2, -0.15) is 0 Å². The van der Waals surface area contributed by atoms with E-state index in [1.165, 1.54) is 0 Å². The topological polar surface area (TPSA) is 18.5 Å². The minimum absolute atomic E-state index is 0.0520. The first kappa shape index (κ1) is 10.5. The lowest BCUT2D eigenvalue weighted by atomic mass is 10.1. The second-order valence-electron chi connectivity index (χ2n) is 2.62. The van der Waals surface area contributed by atoms with Crippen LogP contribution in [0.2, 0.25) is 0 Å². The van der Waals surface area contributed by atoms with E-state index in [9.17, 15) is 0 Å². The van der Waals surface area contributed by atoms with Gasteiger partial charge in [-0.15, -0.1) is 0 Å². The molecule has 0 aromatic heterocycles. The highest BCUT2D eigenvalue weighted by molar-refractivity contribution is 9.09. The van der Waals surface area contributed by atoms with E-state index in [4.69, 9.17) is 9.47 Å². The molecule has 72 valence electrons. The molecule has 0 amide bonds. The molecule has 13 heavy (non-hydrogen) atoms. The van der Waals surface area contributed by atoms with Crippen molar-refractivity contribution in [2.45, 2.75) is 6.10 Å². The molecule has 2 nitrogen and oxygen atoms in total. The van der Waals surface area contributed by atoms with Gasteiger partial charge in [-0.05, 0) is 6.07 Å². The number of rotatable bonds is 4. The van der Waals surface area contributed by atoms with Gasteiger partial charge in [0.05, 0.1) is 13.2 Å². The molecule has 0 fully saturated rings. The molecule has 1 rings (SSSR count). The molecule has 1 aromatic carbocycles. The van der Waals surface area contributed by atoms with Crippen LogP contribution in [0, 0.1) is 0 Å². The van der Waals surface area contributed by atoms with Gasteiger partial charge >= 0.3 is 0 Å². The summed E-state index contributed by atoms with van der Waals surface area (Å²) in [5.74, 6) is 0.869. The maximum Gasteiger partial charge on any atom is 0.124 e. The Morgan fingerprint density at radius 2 is 2.00 bits per heavy atom. The number of ether oxygens (including phenoxy) is 2. The third-order valence-corrected chi connectivity index (χ3v) is 2.50. The highest BCUT2D eigenvalue weighted by Crippen LogP contribution is 2.27. The fraction of sp³-hybridized carbons (Fsp3) is 0.400. The smallest absolute Gasteiger partial charge is 0.124 e. The van der Waals surface area contributed by atoms with Crippen LogP contribution in [0.3, 0.4) is 0 Å². The Labute approximate surface area is 87.0 Å². The van der Waals surface area contributed by atoms with Crippen LogP contribution in [-0.4, -0.2) is 19.5 Å². The van der Waals surface area contributed by atoms with Gasteiger partial charge in [0.25, 0.3) is 0 Å². The van der Waals surface area contributed by atoms with Crippen LogP contribution in [-0.2, 0) is 4.74 Å². The minimum Gasteiger partial charge on any atom is -0.496 e. The van der Waals surface area contributed by atoms with Crippen molar-refractivity contribution >= 4 is 15.9 Å². The summed E-state index contributed by atoms with van der Waals surface area (Å²) < 4.78 is 10.5. The maximum atomic E-state index is 5.30. The number of halogens is 1. The molecule has 0 heterocycles. The van der Waals surface area contributed by atoms with E-state index in [1.54, 1.807) is 14.2 Å². The number of hydrogen-bond acceptors (Lipinski definition) is 2.